The number of carbonyl (C=O) groups excluding carboxylic acids is 1. The summed E-state index contributed by atoms with van der Waals surface area (Å²) < 4.78 is 1.92. The van der Waals surface area contributed by atoms with Crippen molar-refractivity contribution in [1.29, 1.82) is 0 Å². The molecule has 3 N–H and O–H groups in total. The molecule has 0 radical (unpaired) electrons. The topological polar surface area (TPSA) is 88.5 Å². The Kier molecular flexibility index (Phi) is 8.97. The molecule has 7 nitrogen and oxygen atoms in total. The molecular formula is C15H27IN6O. The Hall–Kier alpha value is -1.32. The van der Waals surface area contributed by atoms with E-state index in [0.29, 0.717) is 12.3 Å². The van der Waals surface area contributed by atoms with Crippen LogP contribution in [0.15, 0.2) is 23.5 Å². The highest BCUT2D eigenvalue weighted by Gasteiger charge is 2.23. The maximum Gasteiger partial charge on any atom is 0.217 e. The number of nitrogens with two attached hydrogens (primary N) is 1. The van der Waals surface area contributed by atoms with Crippen LogP contribution in [0.4, 0.5) is 0 Å². The van der Waals surface area contributed by atoms with E-state index in [4.69, 9.17) is 5.73 Å². The van der Waals surface area contributed by atoms with Crippen molar-refractivity contribution in [2.45, 2.75) is 32.2 Å². The van der Waals surface area contributed by atoms with Crippen molar-refractivity contribution in [3.63, 3.8) is 0 Å². The maximum atomic E-state index is 11.1. The molecule has 2 rings (SSSR count). The summed E-state index contributed by atoms with van der Waals surface area (Å²) in [7, 11) is 1.80. The van der Waals surface area contributed by atoms with Gasteiger partial charge in [0.15, 0.2) is 5.96 Å². The number of halogens is 1. The largest absolute Gasteiger partial charge is 0.370 e. The Morgan fingerprint density at radius 1 is 1.52 bits per heavy atom. The summed E-state index contributed by atoms with van der Waals surface area (Å²) in [5, 5.41) is 7.58. The van der Waals surface area contributed by atoms with Gasteiger partial charge in [-0.2, -0.15) is 5.10 Å². The van der Waals surface area contributed by atoms with Gasteiger partial charge in [0, 0.05) is 52.0 Å². The lowest BCUT2D eigenvalue weighted by atomic mass is 9.95. The second kappa shape index (κ2) is 10.5. The van der Waals surface area contributed by atoms with Crippen LogP contribution in [-0.4, -0.2) is 53.2 Å². The van der Waals surface area contributed by atoms with Gasteiger partial charge in [-0.15, -0.1) is 24.0 Å². The first-order chi connectivity index (χ1) is 10.7. The monoisotopic (exact) mass is 434 g/mol. The average Bonchev–Trinajstić information content (AvgIpc) is 3.00. The van der Waals surface area contributed by atoms with Crippen LogP contribution in [0, 0.1) is 5.92 Å². The lowest BCUT2D eigenvalue weighted by Crippen LogP contribution is -2.47. The summed E-state index contributed by atoms with van der Waals surface area (Å²) in [6.45, 7) is 3.57. The molecule has 23 heavy (non-hydrogen) atoms. The van der Waals surface area contributed by atoms with Gasteiger partial charge in [0.2, 0.25) is 5.91 Å². The highest BCUT2D eigenvalue weighted by atomic mass is 127. The number of nitrogens with zero attached hydrogens (tertiary/aromatic N) is 4. The standard InChI is InChI=1S/C15H26N6O.HI/c1-17-15(18-6-3-9-21-10-4-7-19-21)20-8-2-5-13(12-20)11-14(16)22;/h4,7,10,13H,2-3,5-6,8-9,11-12H2,1H3,(H2,16,22)(H,17,18);1H. The first kappa shape index (κ1) is 19.7. The lowest BCUT2D eigenvalue weighted by molar-refractivity contribution is -0.119. The second-order valence-corrected chi connectivity index (χ2v) is 5.72. The van der Waals surface area contributed by atoms with Crippen molar-refractivity contribution in [2.75, 3.05) is 26.7 Å². The zero-order chi connectivity index (χ0) is 15.8. The molecule has 0 spiro atoms. The van der Waals surface area contributed by atoms with E-state index in [2.05, 4.69) is 20.3 Å². The zero-order valence-corrected chi connectivity index (χ0v) is 16.0. The van der Waals surface area contributed by atoms with E-state index >= 15 is 0 Å². The van der Waals surface area contributed by atoms with Gasteiger partial charge in [0.1, 0.15) is 0 Å². The quantitative estimate of drug-likeness (QED) is 0.303. The number of carbonyl (C=O) groups is 1. The number of guanidine groups is 1. The Morgan fingerprint density at radius 3 is 3.00 bits per heavy atom. The van der Waals surface area contributed by atoms with E-state index < -0.39 is 0 Å². The third-order valence-corrected chi connectivity index (χ3v) is 3.93. The number of aryl methyl sites for hydroxylation is 1. The van der Waals surface area contributed by atoms with E-state index in [1.165, 1.54) is 0 Å². The average molecular weight is 434 g/mol. The fourth-order valence-corrected chi connectivity index (χ4v) is 2.91. The molecule has 2 heterocycles. The van der Waals surface area contributed by atoms with E-state index in [1.54, 1.807) is 13.2 Å². The van der Waals surface area contributed by atoms with Crippen LogP contribution in [0.2, 0.25) is 0 Å². The highest BCUT2D eigenvalue weighted by Crippen LogP contribution is 2.19. The Labute approximate surface area is 154 Å². The van der Waals surface area contributed by atoms with Gasteiger partial charge < -0.3 is 16.0 Å². The minimum absolute atomic E-state index is 0. The van der Waals surface area contributed by atoms with Crippen LogP contribution in [0.25, 0.3) is 0 Å². The third-order valence-electron chi connectivity index (χ3n) is 3.93. The minimum atomic E-state index is -0.214. The number of hydrogen-bond donors (Lipinski definition) is 2. The van der Waals surface area contributed by atoms with Crippen molar-refractivity contribution in [1.82, 2.24) is 20.0 Å². The molecule has 130 valence electrons. The molecule has 0 bridgehead atoms. The third kappa shape index (κ3) is 6.76. The number of primary amides is 1. The zero-order valence-electron chi connectivity index (χ0n) is 13.6. The van der Waals surface area contributed by atoms with E-state index in [1.807, 2.05) is 16.9 Å². The molecule has 0 aliphatic carbocycles. The number of piperidine rings is 1. The summed E-state index contributed by atoms with van der Waals surface area (Å²) in [5.41, 5.74) is 5.31. The van der Waals surface area contributed by atoms with E-state index in [9.17, 15) is 4.79 Å². The number of hydrogen-bond acceptors (Lipinski definition) is 3. The molecule has 0 saturated carbocycles. The van der Waals surface area contributed by atoms with E-state index in [-0.39, 0.29) is 29.9 Å². The molecule has 1 unspecified atom stereocenters. The molecular weight excluding hydrogens is 407 g/mol. The maximum absolute atomic E-state index is 11.1. The molecule has 1 aromatic heterocycles. The summed E-state index contributed by atoms with van der Waals surface area (Å²) in [6, 6.07) is 1.93. The first-order valence-electron chi connectivity index (χ1n) is 7.90. The van der Waals surface area contributed by atoms with Crippen LogP contribution in [0.3, 0.4) is 0 Å². The first-order valence-corrected chi connectivity index (χ1v) is 7.90. The summed E-state index contributed by atoms with van der Waals surface area (Å²) in [4.78, 5) is 17.7. The fourth-order valence-electron chi connectivity index (χ4n) is 2.91. The van der Waals surface area contributed by atoms with Crippen molar-refractivity contribution >= 4 is 35.8 Å². The van der Waals surface area contributed by atoms with Gasteiger partial charge in [-0.3, -0.25) is 14.5 Å². The van der Waals surface area contributed by atoms with Crippen LogP contribution < -0.4 is 11.1 Å². The SMILES string of the molecule is CN=C(NCCCn1cccn1)N1CCCC(CC(N)=O)C1.I. The van der Waals surface area contributed by atoms with E-state index in [0.717, 1.165) is 51.4 Å². The summed E-state index contributed by atoms with van der Waals surface area (Å²) in [6.07, 6.45) is 7.35. The molecule has 1 saturated heterocycles. The Morgan fingerprint density at radius 2 is 2.35 bits per heavy atom. The predicted octanol–water partition coefficient (Wildman–Crippen LogP) is 1.05. The fraction of sp³-hybridized carbons (Fsp3) is 0.667. The van der Waals surface area contributed by atoms with Gasteiger partial charge in [0.05, 0.1) is 0 Å². The second-order valence-electron chi connectivity index (χ2n) is 5.72. The molecule has 8 heteroatoms. The smallest absolute Gasteiger partial charge is 0.217 e. The number of aromatic nitrogens is 2. The van der Waals surface area contributed by atoms with Gasteiger partial charge in [-0.25, -0.2) is 0 Å². The number of amides is 1. The molecule has 0 aromatic carbocycles. The number of likely N-dealkylation sites (tertiary alicyclic amines) is 1. The predicted molar refractivity (Wildman–Crippen MR) is 102 cm³/mol. The normalized spacial score (nSPS) is 18.4. The Bertz CT molecular complexity index is 490. The van der Waals surface area contributed by atoms with Gasteiger partial charge in [-0.05, 0) is 31.2 Å². The van der Waals surface area contributed by atoms with Crippen LogP contribution in [-0.2, 0) is 11.3 Å². The van der Waals surface area contributed by atoms with Crippen molar-refractivity contribution in [2.24, 2.45) is 16.6 Å². The molecule has 1 fully saturated rings. The molecule has 1 aliphatic heterocycles. The molecule has 1 amide bonds. The lowest BCUT2D eigenvalue weighted by Gasteiger charge is -2.34. The molecule has 1 aromatic rings. The van der Waals surface area contributed by atoms with Gasteiger partial charge in [0.25, 0.3) is 0 Å². The number of nitrogens with one attached hydrogen (secondary N) is 1. The van der Waals surface area contributed by atoms with Crippen molar-refractivity contribution in [3.8, 4) is 0 Å². The van der Waals surface area contributed by atoms with Crippen LogP contribution in [0.5, 0.6) is 0 Å². The summed E-state index contributed by atoms with van der Waals surface area (Å²) in [5.74, 6) is 1.04. The van der Waals surface area contributed by atoms with Crippen LogP contribution >= 0.6 is 24.0 Å². The summed E-state index contributed by atoms with van der Waals surface area (Å²) >= 11 is 0. The number of rotatable bonds is 6. The van der Waals surface area contributed by atoms with Crippen LogP contribution in [0.1, 0.15) is 25.7 Å². The molecule has 1 aliphatic rings. The highest BCUT2D eigenvalue weighted by molar-refractivity contribution is 14.0. The van der Waals surface area contributed by atoms with Crippen molar-refractivity contribution < 1.29 is 4.79 Å². The minimum Gasteiger partial charge on any atom is -0.370 e. The number of aliphatic imine (C=N–C) groups is 1. The van der Waals surface area contributed by atoms with Crippen molar-refractivity contribution in [3.05, 3.63) is 18.5 Å². The van der Waals surface area contributed by atoms with Gasteiger partial charge in [-0.1, -0.05) is 0 Å². The van der Waals surface area contributed by atoms with Gasteiger partial charge >= 0.3 is 0 Å². The molecule has 1 atom stereocenters. The Balaban J connectivity index is 0.00000264.